The van der Waals surface area contributed by atoms with Crippen molar-refractivity contribution in [1.82, 2.24) is 15.2 Å². The first-order chi connectivity index (χ1) is 12.5. The molecule has 26 heavy (non-hydrogen) atoms. The quantitative estimate of drug-likeness (QED) is 0.549. The van der Waals surface area contributed by atoms with Gasteiger partial charge in [-0.1, -0.05) is 12.1 Å². The predicted molar refractivity (Wildman–Crippen MR) is 100 cm³/mol. The van der Waals surface area contributed by atoms with E-state index in [1.54, 1.807) is 30.3 Å². The number of carbonyl (C=O) groups excluding carboxylic acids is 1. The topological polar surface area (TPSA) is 79.5 Å². The van der Waals surface area contributed by atoms with Gasteiger partial charge in [0.1, 0.15) is 5.75 Å². The lowest BCUT2D eigenvalue weighted by molar-refractivity contribution is 0.0955. The third-order valence-electron chi connectivity index (χ3n) is 3.90. The van der Waals surface area contributed by atoms with Crippen molar-refractivity contribution in [3.05, 3.63) is 82.7 Å². The van der Waals surface area contributed by atoms with Crippen LogP contribution in [-0.4, -0.2) is 27.0 Å². The second-order valence-corrected chi connectivity index (χ2v) is 6.08. The van der Waals surface area contributed by atoms with Crippen molar-refractivity contribution in [3.8, 4) is 5.75 Å². The van der Waals surface area contributed by atoms with Gasteiger partial charge in [-0.25, -0.2) is 5.43 Å². The first-order valence-corrected chi connectivity index (χ1v) is 8.24. The number of benzene rings is 2. The van der Waals surface area contributed by atoms with E-state index in [1.807, 2.05) is 42.8 Å². The van der Waals surface area contributed by atoms with E-state index in [9.17, 15) is 9.90 Å². The lowest BCUT2D eigenvalue weighted by Crippen LogP contribution is -2.18. The van der Waals surface area contributed by atoms with Gasteiger partial charge in [-0.3, -0.25) is 9.48 Å². The molecule has 0 aliphatic heterocycles. The molecule has 3 rings (SSSR count). The van der Waals surface area contributed by atoms with Crippen LogP contribution in [0.15, 0.2) is 59.7 Å². The molecule has 0 atom stereocenters. The number of phenolic OH excluding ortho intramolecular Hbond substituents is 1. The van der Waals surface area contributed by atoms with Crippen LogP contribution in [0.1, 0.15) is 32.9 Å². The summed E-state index contributed by atoms with van der Waals surface area (Å²) in [5.41, 5.74) is 6.87. The van der Waals surface area contributed by atoms with Gasteiger partial charge < -0.3 is 5.11 Å². The van der Waals surface area contributed by atoms with Crippen LogP contribution in [0.25, 0.3) is 0 Å². The molecule has 0 spiro atoms. The number of hydrogen-bond donors (Lipinski definition) is 2. The lowest BCUT2D eigenvalue weighted by Gasteiger charge is -2.06. The molecule has 0 bridgehead atoms. The fraction of sp³-hybridized carbons (Fsp3) is 0.150. The zero-order valence-electron chi connectivity index (χ0n) is 14.7. The smallest absolute Gasteiger partial charge is 0.271 e. The molecule has 0 saturated heterocycles. The van der Waals surface area contributed by atoms with Crippen molar-refractivity contribution in [3.63, 3.8) is 0 Å². The Bertz CT molecular complexity index is 943. The summed E-state index contributed by atoms with van der Waals surface area (Å²) in [6.45, 7) is 4.58. The van der Waals surface area contributed by atoms with E-state index >= 15 is 0 Å². The van der Waals surface area contributed by atoms with Crippen molar-refractivity contribution in [1.29, 1.82) is 0 Å². The van der Waals surface area contributed by atoms with Gasteiger partial charge in [0.25, 0.3) is 5.91 Å². The molecule has 0 unspecified atom stereocenters. The Labute approximate surface area is 151 Å². The molecule has 3 aromatic rings. The highest BCUT2D eigenvalue weighted by atomic mass is 16.3. The molecule has 1 amide bonds. The van der Waals surface area contributed by atoms with Gasteiger partial charge in [0.15, 0.2) is 0 Å². The number of nitrogens with one attached hydrogen (secondary N) is 1. The summed E-state index contributed by atoms with van der Waals surface area (Å²) in [7, 11) is 0. The Morgan fingerprint density at radius 3 is 2.65 bits per heavy atom. The van der Waals surface area contributed by atoms with E-state index < -0.39 is 0 Å². The summed E-state index contributed by atoms with van der Waals surface area (Å²) < 4.78 is 1.91. The number of nitrogens with zero attached hydrogens (tertiary/aromatic N) is 3. The van der Waals surface area contributed by atoms with Crippen molar-refractivity contribution in [2.45, 2.75) is 20.4 Å². The number of hydrazone groups is 1. The monoisotopic (exact) mass is 348 g/mol. The summed E-state index contributed by atoms with van der Waals surface area (Å²) in [4.78, 5) is 12.3. The maximum absolute atomic E-state index is 12.3. The van der Waals surface area contributed by atoms with Crippen molar-refractivity contribution < 1.29 is 9.90 Å². The van der Waals surface area contributed by atoms with E-state index in [1.165, 1.54) is 6.21 Å². The second kappa shape index (κ2) is 7.65. The minimum absolute atomic E-state index is 0.186. The Balaban J connectivity index is 1.66. The number of aromatic hydroxyl groups is 1. The van der Waals surface area contributed by atoms with Crippen molar-refractivity contribution in [2.75, 3.05) is 0 Å². The van der Waals surface area contributed by atoms with Crippen molar-refractivity contribution in [2.24, 2.45) is 5.10 Å². The first-order valence-electron chi connectivity index (χ1n) is 8.24. The minimum Gasteiger partial charge on any atom is -0.508 e. The van der Waals surface area contributed by atoms with Gasteiger partial charge in [-0.05, 0) is 67.4 Å². The van der Waals surface area contributed by atoms with Crippen LogP contribution in [0.4, 0.5) is 0 Å². The molecular formula is C20H20N4O2. The summed E-state index contributed by atoms with van der Waals surface area (Å²) in [6, 6.07) is 16.0. The van der Waals surface area contributed by atoms with Crippen LogP contribution in [-0.2, 0) is 6.54 Å². The number of amides is 1. The average Bonchev–Trinajstić information content (AvgIpc) is 2.94. The number of carbonyl (C=O) groups is 1. The summed E-state index contributed by atoms with van der Waals surface area (Å²) in [6.07, 6.45) is 1.52. The molecule has 132 valence electrons. The molecule has 0 saturated carbocycles. The summed E-state index contributed by atoms with van der Waals surface area (Å²) in [5.74, 6) is -0.0964. The Hall–Kier alpha value is -3.41. The molecule has 2 N–H and O–H groups in total. The second-order valence-electron chi connectivity index (χ2n) is 6.08. The molecular weight excluding hydrogens is 328 g/mol. The Kier molecular flexibility index (Phi) is 5.12. The van der Waals surface area contributed by atoms with Gasteiger partial charge >= 0.3 is 0 Å². The van der Waals surface area contributed by atoms with E-state index in [-0.39, 0.29) is 11.7 Å². The van der Waals surface area contributed by atoms with Gasteiger partial charge in [0.2, 0.25) is 0 Å². The van der Waals surface area contributed by atoms with Crippen LogP contribution >= 0.6 is 0 Å². The summed E-state index contributed by atoms with van der Waals surface area (Å²) >= 11 is 0. The molecule has 2 aromatic carbocycles. The van der Waals surface area contributed by atoms with Crippen molar-refractivity contribution >= 4 is 12.1 Å². The number of aromatic nitrogens is 2. The number of hydrogen-bond acceptors (Lipinski definition) is 4. The van der Waals surface area contributed by atoms with Crippen LogP contribution < -0.4 is 5.43 Å². The lowest BCUT2D eigenvalue weighted by atomic mass is 10.1. The van der Waals surface area contributed by atoms with Gasteiger partial charge in [-0.2, -0.15) is 10.2 Å². The van der Waals surface area contributed by atoms with Crippen LogP contribution in [0.2, 0.25) is 0 Å². The van der Waals surface area contributed by atoms with E-state index in [0.717, 1.165) is 22.5 Å². The molecule has 1 aromatic heterocycles. The fourth-order valence-corrected chi connectivity index (χ4v) is 2.61. The third-order valence-corrected chi connectivity index (χ3v) is 3.90. The SMILES string of the molecule is Cc1cc(C)n(Cc2cccc(C(=O)N/N=C/c3ccc(O)cc3)c2)n1. The molecule has 0 radical (unpaired) electrons. The fourth-order valence-electron chi connectivity index (χ4n) is 2.61. The van der Waals surface area contributed by atoms with Gasteiger partial charge in [-0.15, -0.1) is 0 Å². The van der Waals surface area contributed by atoms with E-state index in [4.69, 9.17) is 0 Å². The van der Waals surface area contributed by atoms with Crippen LogP contribution in [0, 0.1) is 13.8 Å². The standard InChI is InChI=1S/C20H20N4O2/c1-14-10-15(2)24(23-14)13-17-4-3-5-18(11-17)20(26)22-21-12-16-6-8-19(25)9-7-16/h3-12,25H,13H2,1-2H3,(H,22,26)/b21-12+. The van der Waals surface area contributed by atoms with E-state index in [0.29, 0.717) is 12.1 Å². The number of rotatable bonds is 5. The molecule has 6 nitrogen and oxygen atoms in total. The zero-order chi connectivity index (χ0) is 18.5. The first kappa shape index (κ1) is 17.4. The maximum Gasteiger partial charge on any atom is 0.271 e. The predicted octanol–water partition coefficient (Wildman–Crippen LogP) is 3.02. The molecule has 6 heteroatoms. The number of phenols is 1. The highest BCUT2D eigenvalue weighted by Gasteiger charge is 2.07. The van der Waals surface area contributed by atoms with Gasteiger partial charge in [0, 0.05) is 11.3 Å². The third kappa shape index (κ3) is 4.36. The van der Waals surface area contributed by atoms with Gasteiger partial charge in [0.05, 0.1) is 18.5 Å². The van der Waals surface area contributed by atoms with E-state index in [2.05, 4.69) is 15.6 Å². The Morgan fingerprint density at radius 1 is 1.19 bits per heavy atom. The normalized spacial score (nSPS) is 11.0. The highest BCUT2D eigenvalue weighted by Crippen LogP contribution is 2.10. The molecule has 1 heterocycles. The average molecular weight is 348 g/mol. The number of aryl methyl sites for hydroxylation is 2. The molecule has 0 aliphatic rings. The highest BCUT2D eigenvalue weighted by molar-refractivity contribution is 5.95. The molecule has 0 fully saturated rings. The Morgan fingerprint density at radius 2 is 1.96 bits per heavy atom. The zero-order valence-corrected chi connectivity index (χ0v) is 14.7. The minimum atomic E-state index is -0.282. The van der Waals surface area contributed by atoms with Crippen LogP contribution in [0.3, 0.4) is 0 Å². The summed E-state index contributed by atoms with van der Waals surface area (Å²) in [5, 5.41) is 17.6. The maximum atomic E-state index is 12.3. The van der Waals surface area contributed by atoms with Crippen LogP contribution in [0.5, 0.6) is 5.75 Å². The molecule has 0 aliphatic carbocycles. The largest absolute Gasteiger partial charge is 0.508 e.